The SMILES string of the molecule is COCCN(C)CCNCc1ccc(C(C)C)cc1. The molecular weight excluding hydrogens is 236 g/mol. The molecule has 3 heteroatoms. The molecule has 0 aliphatic carbocycles. The fraction of sp³-hybridized carbons (Fsp3) is 0.625. The minimum Gasteiger partial charge on any atom is -0.383 e. The average molecular weight is 264 g/mol. The number of methoxy groups -OCH3 is 1. The van der Waals surface area contributed by atoms with Gasteiger partial charge in [-0.15, -0.1) is 0 Å². The summed E-state index contributed by atoms with van der Waals surface area (Å²) < 4.78 is 5.06. The Balaban J connectivity index is 2.18. The summed E-state index contributed by atoms with van der Waals surface area (Å²) in [4.78, 5) is 2.28. The highest BCUT2D eigenvalue weighted by Crippen LogP contribution is 2.14. The van der Waals surface area contributed by atoms with Gasteiger partial charge in [-0.25, -0.2) is 0 Å². The summed E-state index contributed by atoms with van der Waals surface area (Å²) >= 11 is 0. The van der Waals surface area contributed by atoms with Gasteiger partial charge in [0.25, 0.3) is 0 Å². The van der Waals surface area contributed by atoms with Crippen molar-refractivity contribution in [1.29, 1.82) is 0 Å². The van der Waals surface area contributed by atoms with Crippen LogP contribution in [0.5, 0.6) is 0 Å². The lowest BCUT2D eigenvalue weighted by Crippen LogP contribution is -2.31. The van der Waals surface area contributed by atoms with E-state index in [-0.39, 0.29) is 0 Å². The van der Waals surface area contributed by atoms with Crippen molar-refractivity contribution in [1.82, 2.24) is 10.2 Å². The van der Waals surface area contributed by atoms with Crippen molar-refractivity contribution in [3.8, 4) is 0 Å². The molecule has 0 aliphatic rings. The number of hydrogen-bond donors (Lipinski definition) is 1. The molecule has 0 bridgehead atoms. The van der Waals surface area contributed by atoms with Crippen molar-refractivity contribution in [2.75, 3.05) is 40.4 Å². The van der Waals surface area contributed by atoms with Crippen molar-refractivity contribution >= 4 is 0 Å². The summed E-state index contributed by atoms with van der Waals surface area (Å²) in [6, 6.07) is 8.90. The molecule has 0 radical (unpaired) electrons. The van der Waals surface area contributed by atoms with Crippen LogP contribution in [0, 0.1) is 0 Å². The lowest BCUT2D eigenvalue weighted by molar-refractivity contribution is 0.161. The van der Waals surface area contributed by atoms with E-state index in [1.54, 1.807) is 7.11 Å². The van der Waals surface area contributed by atoms with Crippen molar-refractivity contribution < 1.29 is 4.74 Å². The largest absolute Gasteiger partial charge is 0.383 e. The van der Waals surface area contributed by atoms with Crippen molar-refractivity contribution in [2.45, 2.75) is 26.3 Å². The molecular formula is C16H28N2O. The second-order valence-electron chi connectivity index (χ2n) is 5.37. The highest BCUT2D eigenvalue weighted by Gasteiger charge is 2.00. The van der Waals surface area contributed by atoms with Gasteiger partial charge in [0.05, 0.1) is 6.61 Å². The lowest BCUT2D eigenvalue weighted by atomic mass is 10.0. The minimum absolute atomic E-state index is 0.608. The van der Waals surface area contributed by atoms with Crippen LogP contribution in [0.1, 0.15) is 30.9 Å². The third-order valence-corrected chi connectivity index (χ3v) is 3.32. The summed E-state index contributed by atoms with van der Waals surface area (Å²) in [7, 11) is 3.87. The maximum absolute atomic E-state index is 5.06. The fourth-order valence-corrected chi connectivity index (χ4v) is 1.88. The first-order valence-corrected chi connectivity index (χ1v) is 7.10. The molecule has 1 aromatic rings. The number of ether oxygens (including phenoxy) is 1. The average Bonchev–Trinajstić information content (AvgIpc) is 2.41. The van der Waals surface area contributed by atoms with E-state index in [4.69, 9.17) is 4.74 Å². The fourth-order valence-electron chi connectivity index (χ4n) is 1.88. The Bertz CT molecular complexity index is 335. The molecule has 19 heavy (non-hydrogen) atoms. The zero-order chi connectivity index (χ0) is 14.1. The van der Waals surface area contributed by atoms with Gasteiger partial charge in [0.1, 0.15) is 0 Å². The van der Waals surface area contributed by atoms with Gasteiger partial charge >= 0.3 is 0 Å². The van der Waals surface area contributed by atoms with Crippen LogP contribution in [-0.4, -0.2) is 45.3 Å². The molecule has 1 rings (SSSR count). The Morgan fingerprint density at radius 1 is 1.16 bits per heavy atom. The van der Waals surface area contributed by atoms with Gasteiger partial charge in [-0.05, 0) is 24.1 Å². The normalized spacial score (nSPS) is 11.5. The lowest BCUT2D eigenvalue weighted by Gasteiger charge is -2.16. The third kappa shape index (κ3) is 6.71. The number of hydrogen-bond acceptors (Lipinski definition) is 3. The molecule has 0 spiro atoms. The number of nitrogens with one attached hydrogen (secondary N) is 1. The van der Waals surface area contributed by atoms with E-state index in [2.05, 4.69) is 55.4 Å². The van der Waals surface area contributed by atoms with Gasteiger partial charge in [-0.1, -0.05) is 38.1 Å². The molecule has 108 valence electrons. The number of benzene rings is 1. The van der Waals surface area contributed by atoms with Crippen LogP contribution in [0.3, 0.4) is 0 Å². The van der Waals surface area contributed by atoms with Crippen LogP contribution in [0.25, 0.3) is 0 Å². The number of rotatable bonds is 9. The molecule has 0 aliphatic heterocycles. The van der Waals surface area contributed by atoms with E-state index >= 15 is 0 Å². The van der Waals surface area contributed by atoms with E-state index in [1.165, 1.54) is 11.1 Å². The summed E-state index contributed by atoms with van der Waals surface area (Å²) in [5.41, 5.74) is 2.76. The molecule has 0 heterocycles. The van der Waals surface area contributed by atoms with Gasteiger partial charge in [0.15, 0.2) is 0 Å². The Kier molecular flexibility index (Phi) is 7.72. The Labute approximate surface area is 118 Å². The maximum atomic E-state index is 5.06. The molecule has 0 fully saturated rings. The standard InChI is InChI=1S/C16H28N2O/c1-14(2)16-7-5-15(6-8-16)13-17-9-10-18(3)11-12-19-4/h5-8,14,17H,9-13H2,1-4H3. The molecule has 0 saturated carbocycles. The smallest absolute Gasteiger partial charge is 0.0589 e. The van der Waals surface area contributed by atoms with Crippen LogP contribution in [0.4, 0.5) is 0 Å². The second-order valence-corrected chi connectivity index (χ2v) is 5.37. The van der Waals surface area contributed by atoms with Crippen molar-refractivity contribution in [3.05, 3.63) is 35.4 Å². The Morgan fingerprint density at radius 3 is 2.42 bits per heavy atom. The van der Waals surface area contributed by atoms with Crippen LogP contribution in [-0.2, 0) is 11.3 Å². The van der Waals surface area contributed by atoms with Crippen molar-refractivity contribution in [3.63, 3.8) is 0 Å². The maximum Gasteiger partial charge on any atom is 0.0589 e. The second kappa shape index (κ2) is 9.08. The predicted molar refractivity (Wildman–Crippen MR) is 81.6 cm³/mol. The summed E-state index contributed by atoms with van der Waals surface area (Å²) in [5, 5.41) is 3.48. The monoisotopic (exact) mass is 264 g/mol. The molecule has 0 atom stereocenters. The first kappa shape index (κ1) is 16.2. The topological polar surface area (TPSA) is 24.5 Å². The molecule has 0 unspecified atom stereocenters. The molecule has 0 amide bonds. The molecule has 0 saturated heterocycles. The Hall–Kier alpha value is -0.900. The van der Waals surface area contributed by atoms with E-state index in [0.29, 0.717) is 5.92 Å². The highest BCUT2D eigenvalue weighted by atomic mass is 16.5. The number of nitrogens with zero attached hydrogens (tertiary/aromatic N) is 1. The molecule has 3 nitrogen and oxygen atoms in total. The first-order chi connectivity index (χ1) is 9.13. The van der Waals surface area contributed by atoms with E-state index in [0.717, 1.165) is 32.8 Å². The van der Waals surface area contributed by atoms with E-state index in [1.807, 2.05) is 0 Å². The quantitative estimate of drug-likeness (QED) is 0.694. The van der Waals surface area contributed by atoms with E-state index in [9.17, 15) is 0 Å². The minimum atomic E-state index is 0.608. The zero-order valence-electron chi connectivity index (χ0n) is 12.8. The molecule has 1 N–H and O–H groups in total. The zero-order valence-corrected chi connectivity index (χ0v) is 12.8. The van der Waals surface area contributed by atoms with Crippen LogP contribution < -0.4 is 5.32 Å². The van der Waals surface area contributed by atoms with Gasteiger partial charge in [-0.3, -0.25) is 0 Å². The summed E-state index contributed by atoms with van der Waals surface area (Å²) in [5.74, 6) is 0.608. The van der Waals surface area contributed by atoms with Gasteiger partial charge in [0.2, 0.25) is 0 Å². The summed E-state index contributed by atoms with van der Waals surface area (Å²) in [6.45, 7) is 9.23. The highest BCUT2D eigenvalue weighted by molar-refractivity contribution is 5.24. The Morgan fingerprint density at radius 2 is 1.84 bits per heavy atom. The third-order valence-electron chi connectivity index (χ3n) is 3.32. The van der Waals surface area contributed by atoms with Gasteiger partial charge < -0.3 is 15.0 Å². The van der Waals surface area contributed by atoms with E-state index < -0.39 is 0 Å². The molecule has 0 aromatic heterocycles. The summed E-state index contributed by atoms with van der Waals surface area (Å²) in [6.07, 6.45) is 0. The van der Waals surface area contributed by atoms with Gasteiger partial charge in [-0.2, -0.15) is 0 Å². The first-order valence-electron chi connectivity index (χ1n) is 7.10. The number of likely N-dealkylation sites (N-methyl/N-ethyl adjacent to an activating group) is 1. The van der Waals surface area contributed by atoms with Crippen LogP contribution in [0.15, 0.2) is 24.3 Å². The van der Waals surface area contributed by atoms with Crippen molar-refractivity contribution in [2.24, 2.45) is 0 Å². The van der Waals surface area contributed by atoms with Crippen LogP contribution in [0.2, 0.25) is 0 Å². The predicted octanol–water partition coefficient (Wildman–Crippen LogP) is 2.48. The van der Waals surface area contributed by atoms with Gasteiger partial charge in [0, 0.05) is 33.3 Å². The van der Waals surface area contributed by atoms with Crippen LogP contribution >= 0.6 is 0 Å². The molecule has 1 aromatic carbocycles.